The summed E-state index contributed by atoms with van der Waals surface area (Å²) < 4.78 is 0. The Morgan fingerprint density at radius 1 is 1.54 bits per heavy atom. The fraction of sp³-hybridized carbons (Fsp3) is 0.900. The predicted octanol–water partition coefficient (Wildman–Crippen LogP) is 1.36. The van der Waals surface area contributed by atoms with Gasteiger partial charge in [-0.2, -0.15) is 0 Å². The molecule has 13 heavy (non-hydrogen) atoms. The number of aliphatic hydroxyl groups is 1. The molecule has 0 bridgehead atoms. The van der Waals surface area contributed by atoms with Crippen LogP contribution in [0.4, 0.5) is 0 Å². The van der Waals surface area contributed by atoms with E-state index in [2.05, 4.69) is 0 Å². The monoisotopic (exact) mass is 186 g/mol. The summed E-state index contributed by atoms with van der Waals surface area (Å²) in [5.74, 6) is -0.405. The predicted molar refractivity (Wildman–Crippen MR) is 49.3 cm³/mol. The van der Waals surface area contributed by atoms with Gasteiger partial charge in [-0.1, -0.05) is 13.8 Å². The lowest BCUT2D eigenvalue weighted by Gasteiger charge is -2.23. The lowest BCUT2D eigenvalue weighted by Crippen LogP contribution is -2.28. The van der Waals surface area contributed by atoms with Crippen LogP contribution in [0.5, 0.6) is 0 Å². The Morgan fingerprint density at radius 3 is 2.62 bits per heavy atom. The number of hydrogen-bond acceptors (Lipinski definition) is 2. The summed E-state index contributed by atoms with van der Waals surface area (Å²) in [6, 6.07) is 0. The first-order valence-electron chi connectivity index (χ1n) is 4.91. The molecule has 2 N–H and O–H groups in total. The van der Waals surface area contributed by atoms with Crippen molar-refractivity contribution in [2.24, 2.45) is 23.7 Å². The number of aliphatic carboxylic acids is 1. The summed E-state index contributed by atoms with van der Waals surface area (Å²) in [6.45, 7) is 4.02. The number of rotatable bonds is 3. The highest BCUT2D eigenvalue weighted by Crippen LogP contribution is 2.40. The minimum absolute atomic E-state index is 0.0984. The van der Waals surface area contributed by atoms with Gasteiger partial charge in [-0.05, 0) is 30.6 Å². The first-order valence-corrected chi connectivity index (χ1v) is 4.91. The van der Waals surface area contributed by atoms with Gasteiger partial charge in [-0.25, -0.2) is 0 Å². The van der Waals surface area contributed by atoms with Crippen molar-refractivity contribution in [2.45, 2.75) is 26.7 Å². The molecule has 3 nitrogen and oxygen atoms in total. The van der Waals surface area contributed by atoms with Crippen molar-refractivity contribution in [1.82, 2.24) is 0 Å². The standard InChI is InChI=1S/C10H18O3/c1-6-3-4-8(7(2)5-11)9(6)10(12)13/h6-9,11H,3-5H2,1-2H3,(H,12,13)/t6-,7+,8+,9+/m0/s1. The zero-order valence-corrected chi connectivity index (χ0v) is 8.23. The van der Waals surface area contributed by atoms with Crippen molar-refractivity contribution < 1.29 is 15.0 Å². The van der Waals surface area contributed by atoms with Crippen LogP contribution in [0.2, 0.25) is 0 Å². The van der Waals surface area contributed by atoms with Gasteiger partial charge < -0.3 is 10.2 Å². The van der Waals surface area contributed by atoms with E-state index in [4.69, 9.17) is 10.2 Å². The third-order valence-corrected chi connectivity index (χ3v) is 3.33. The maximum absolute atomic E-state index is 11.0. The van der Waals surface area contributed by atoms with E-state index in [9.17, 15) is 4.79 Å². The van der Waals surface area contributed by atoms with Gasteiger partial charge in [0.2, 0.25) is 0 Å². The molecule has 0 aromatic rings. The average molecular weight is 186 g/mol. The summed E-state index contributed by atoms with van der Waals surface area (Å²) in [6.07, 6.45) is 1.92. The van der Waals surface area contributed by atoms with Crippen LogP contribution in [0.3, 0.4) is 0 Å². The van der Waals surface area contributed by atoms with Gasteiger partial charge in [0.05, 0.1) is 5.92 Å². The molecule has 0 radical (unpaired) electrons. The highest BCUT2D eigenvalue weighted by atomic mass is 16.4. The zero-order chi connectivity index (χ0) is 10.0. The minimum atomic E-state index is -0.699. The molecule has 1 aliphatic rings. The van der Waals surface area contributed by atoms with Crippen LogP contribution in [0.25, 0.3) is 0 Å². The number of carbonyl (C=O) groups is 1. The van der Waals surface area contributed by atoms with E-state index in [1.807, 2.05) is 13.8 Å². The van der Waals surface area contributed by atoms with Crippen molar-refractivity contribution in [3.8, 4) is 0 Å². The molecule has 0 heterocycles. The maximum atomic E-state index is 11.0. The minimum Gasteiger partial charge on any atom is -0.481 e. The van der Waals surface area contributed by atoms with Crippen molar-refractivity contribution in [2.75, 3.05) is 6.61 Å². The molecule has 0 aromatic carbocycles. The molecular formula is C10H18O3. The topological polar surface area (TPSA) is 57.5 Å². The van der Waals surface area contributed by atoms with Crippen molar-refractivity contribution in [3.05, 3.63) is 0 Å². The van der Waals surface area contributed by atoms with E-state index in [0.29, 0.717) is 0 Å². The van der Waals surface area contributed by atoms with E-state index in [1.165, 1.54) is 0 Å². The van der Waals surface area contributed by atoms with Crippen LogP contribution >= 0.6 is 0 Å². The lowest BCUT2D eigenvalue weighted by molar-refractivity contribution is -0.145. The third-order valence-electron chi connectivity index (χ3n) is 3.33. The highest BCUT2D eigenvalue weighted by molar-refractivity contribution is 5.71. The lowest BCUT2D eigenvalue weighted by atomic mass is 9.83. The van der Waals surface area contributed by atoms with Crippen LogP contribution in [0, 0.1) is 23.7 Å². The Labute approximate surface area is 78.8 Å². The molecule has 1 saturated carbocycles. The molecule has 1 fully saturated rings. The van der Waals surface area contributed by atoms with E-state index in [-0.39, 0.29) is 30.3 Å². The largest absolute Gasteiger partial charge is 0.481 e. The number of hydrogen-bond donors (Lipinski definition) is 2. The van der Waals surface area contributed by atoms with Gasteiger partial charge in [-0.3, -0.25) is 4.79 Å². The van der Waals surface area contributed by atoms with Crippen LogP contribution < -0.4 is 0 Å². The first kappa shape index (κ1) is 10.5. The van der Waals surface area contributed by atoms with Gasteiger partial charge in [0.15, 0.2) is 0 Å². The summed E-state index contributed by atoms with van der Waals surface area (Å²) in [5, 5.41) is 18.0. The zero-order valence-electron chi connectivity index (χ0n) is 8.23. The van der Waals surface area contributed by atoms with Gasteiger partial charge >= 0.3 is 5.97 Å². The quantitative estimate of drug-likeness (QED) is 0.699. The van der Waals surface area contributed by atoms with Crippen LogP contribution in [0.15, 0.2) is 0 Å². The molecule has 3 heteroatoms. The summed E-state index contributed by atoms with van der Waals surface area (Å²) >= 11 is 0. The Hall–Kier alpha value is -0.570. The Balaban J connectivity index is 2.69. The van der Waals surface area contributed by atoms with Gasteiger partial charge in [0.25, 0.3) is 0 Å². The maximum Gasteiger partial charge on any atom is 0.307 e. The Morgan fingerprint density at radius 2 is 2.15 bits per heavy atom. The second kappa shape index (κ2) is 4.09. The van der Waals surface area contributed by atoms with Crippen LogP contribution in [-0.2, 0) is 4.79 Å². The molecule has 1 rings (SSSR count). The van der Waals surface area contributed by atoms with Gasteiger partial charge in [-0.15, -0.1) is 0 Å². The van der Waals surface area contributed by atoms with Gasteiger partial charge in [0.1, 0.15) is 0 Å². The SMILES string of the molecule is C[C@H](CO)[C@H]1CC[C@H](C)[C@H]1C(=O)O. The second-order valence-electron chi connectivity index (χ2n) is 4.24. The third kappa shape index (κ3) is 2.02. The molecule has 0 saturated heterocycles. The fourth-order valence-corrected chi connectivity index (χ4v) is 2.44. The van der Waals surface area contributed by atoms with E-state index < -0.39 is 5.97 Å². The van der Waals surface area contributed by atoms with E-state index >= 15 is 0 Å². The van der Waals surface area contributed by atoms with E-state index in [1.54, 1.807) is 0 Å². The number of aliphatic hydroxyl groups excluding tert-OH is 1. The molecule has 76 valence electrons. The molecule has 0 aromatic heterocycles. The van der Waals surface area contributed by atoms with Crippen molar-refractivity contribution >= 4 is 5.97 Å². The summed E-state index contributed by atoms with van der Waals surface area (Å²) in [5.41, 5.74) is 0. The van der Waals surface area contributed by atoms with Gasteiger partial charge in [0, 0.05) is 6.61 Å². The number of carboxylic acid groups (broad SMARTS) is 1. The van der Waals surface area contributed by atoms with Crippen LogP contribution in [0.1, 0.15) is 26.7 Å². The molecular weight excluding hydrogens is 168 g/mol. The first-order chi connectivity index (χ1) is 6.07. The fourth-order valence-electron chi connectivity index (χ4n) is 2.44. The molecule has 1 aliphatic carbocycles. The normalized spacial score (nSPS) is 36.1. The molecule has 0 spiro atoms. The molecule has 0 aliphatic heterocycles. The smallest absolute Gasteiger partial charge is 0.307 e. The summed E-state index contributed by atoms with van der Waals surface area (Å²) in [4.78, 5) is 11.0. The van der Waals surface area contributed by atoms with E-state index in [0.717, 1.165) is 12.8 Å². The molecule has 0 amide bonds. The molecule has 4 atom stereocenters. The summed E-state index contributed by atoms with van der Waals surface area (Å²) in [7, 11) is 0. The average Bonchev–Trinajstić information content (AvgIpc) is 2.45. The molecule has 0 unspecified atom stereocenters. The number of carboxylic acids is 1. The van der Waals surface area contributed by atoms with Crippen molar-refractivity contribution in [1.29, 1.82) is 0 Å². The van der Waals surface area contributed by atoms with Crippen LogP contribution in [-0.4, -0.2) is 22.8 Å². The Bertz CT molecular complexity index is 191. The van der Waals surface area contributed by atoms with Crippen molar-refractivity contribution in [3.63, 3.8) is 0 Å². The highest BCUT2D eigenvalue weighted by Gasteiger charge is 2.40. The Kier molecular flexibility index (Phi) is 3.31. The second-order valence-corrected chi connectivity index (χ2v) is 4.24.